The molecular formula is C9H19NO. The predicted octanol–water partition coefficient (Wildman–Crippen LogP) is 1.58. The number of nitrogens with two attached hydrogens (primary N) is 1. The van der Waals surface area contributed by atoms with Crippen molar-refractivity contribution in [2.24, 2.45) is 17.6 Å². The fourth-order valence-electron chi connectivity index (χ4n) is 0.910. The van der Waals surface area contributed by atoms with Crippen molar-refractivity contribution in [1.82, 2.24) is 0 Å². The summed E-state index contributed by atoms with van der Waals surface area (Å²) in [7, 11) is 0. The average Bonchev–Trinajstić information content (AvgIpc) is 1.84. The van der Waals surface area contributed by atoms with Crippen molar-refractivity contribution in [2.75, 3.05) is 0 Å². The quantitative estimate of drug-likeness (QED) is 0.673. The molecule has 1 unspecified atom stereocenters. The molecule has 0 spiro atoms. The second kappa shape index (κ2) is 4.50. The molecule has 0 rings (SSSR count). The first-order chi connectivity index (χ1) is 4.95. The molecular weight excluding hydrogens is 138 g/mol. The van der Waals surface area contributed by atoms with Crippen LogP contribution < -0.4 is 5.73 Å². The second-order valence-corrected chi connectivity index (χ2v) is 3.83. The standard InChI is InChI=1S/C9H19NO/c1-6(2)5-8(11)9(10)7(3)4/h6-7,9H,5,10H2,1-4H3. The maximum Gasteiger partial charge on any atom is 0.150 e. The number of carbonyl (C=O) groups is 1. The number of carbonyl (C=O) groups excluding carboxylic acids is 1. The van der Waals surface area contributed by atoms with Gasteiger partial charge in [-0.3, -0.25) is 4.79 Å². The van der Waals surface area contributed by atoms with Crippen LogP contribution >= 0.6 is 0 Å². The molecule has 0 aromatic rings. The van der Waals surface area contributed by atoms with Crippen LogP contribution in [0.15, 0.2) is 0 Å². The lowest BCUT2D eigenvalue weighted by Crippen LogP contribution is -2.36. The highest BCUT2D eigenvalue weighted by molar-refractivity contribution is 5.84. The molecule has 2 heteroatoms. The van der Waals surface area contributed by atoms with E-state index >= 15 is 0 Å². The van der Waals surface area contributed by atoms with Crippen LogP contribution in [0.4, 0.5) is 0 Å². The molecule has 2 nitrogen and oxygen atoms in total. The average molecular weight is 157 g/mol. The smallest absolute Gasteiger partial charge is 0.150 e. The molecule has 0 aliphatic rings. The highest BCUT2D eigenvalue weighted by atomic mass is 16.1. The zero-order chi connectivity index (χ0) is 9.02. The van der Waals surface area contributed by atoms with Crippen LogP contribution in [-0.2, 0) is 4.79 Å². The first-order valence-electron chi connectivity index (χ1n) is 4.23. The SMILES string of the molecule is CC(C)CC(=O)C(N)C(C)C. The van der Waals surface area contributed by atoms with Crippen molar-refractivity contribution < 1.29 is 4.79 Å². The molecule has 0 bridgehead atoms. The minimum atomic E-state index is -0.266. The van der Waals surface area contributed by atoms with E-state index in [0.29, 0.717) is 12.3 Å². The van der Waals surface area contributed by atoms with Crippen LogP contribution in [0.5, 0.6) is 0 Å². The zero-order valence-electron chi connectivity index (χ0n) is 7.92. The normalized spacial score (nSPS) is 14.1. The lowest BCUT2D eigenvalue weighted by atomic mass is 9.95. The number of hydrogen-bond donors (Lipinski definition) is 1. The molecule has 0 saturated carbocycles. The Hall–Kier alpha value is -0.370. The van der Waals surface area contributed by atoms with Gasteiger partial charge in [-0.05, 0) is 11.8 Å². The monoisotopic (exact) mass is 157 g/mol. The summed E-state index contributed by atoms with van der Waals surface area (Å²) in [4.78, 5) is 11.3. The van der Waals surface area contributed by atoms with Gasteiger partial charge in [-0.1, -0.05) is 27.7 Å². The first-order valence-corrected chi connectivity index (χ1v) is 4.23. The Morgan fingerprint density at radius 1 is 1.27 bits per heavy atom. The minimum absolute atomic E-state index is 0.190. The van der Waals surface area contributed by atoms with E-state index in [0.717, 1.165) is 0 Å². The Morgan fingerprint density at radius 3 is 2.00 bits per heavy atom. The third kappa shape index (κ3) is 4.14. The highest BCUT2D eigenvalue weighted by Gasteiger charge is 2.17. The molecule has 0 saturated heterocycles. The van der Waals surface area contributed by atoms with E-state index in [1.807, 2.05) is 27.7 Å². The summed E-state index contributed by atoms with van der Waals surface area (Å²) in [5, 5.41) is 0. The minimum Gasteiger partial charge on any atom is -0.321 e. The number of hydrogen-bond acceptors (Lipinski definition) is 2. The van der Waals surface area contributed by atoms with Crippen molar-refractivity contribution in [1.29, 1.82) is 0 Å². The Morgan fingerprint density at radius 2 is 1.73 bits per heavy atom. The van der Waals surface area contributed by atoms with Gasteiger partial charge in [-0.15, -0.1) is 0 Å². The van der Waals surface area contributed by atoms with Crippen LogP contribution in [0.1, 0.15) is 34.1 Å². The van der Waals surface area contributed by atoms with Gasteiger partial charge >= 0.3 is 0 Å². The number of ketones is 1. The molecule has 1 atom stereocenters. The Bertz CT molecular complexity index is 130. The van der Waals surface area contributed by atoms with Crippen molar-refractivity contribution in [3.8, 4) is 0 Å². The van der Waals surface area contributed by atoms with Crippen LogP contribution in [0, 0.1) is 11.8 Å². The Kier molecular flexibility index (Phi) is 4.34. The third-order valence-electron chi connectivity index (χ3n) is 1.70. The van der Waals surface area contributed by atoms with E-state index in [9.17, 15) is 4.79 Å². The molecule has 0 aromatic carbocycles. The summed E-state index contributed by atoms with van der Waals surface area (Å²) < 4.78 is 0. The maximum atomic E-state index is 11.3. The van der Waals surface area contributed by atoms with Crippen LogP contribution in [0.2, 0.25) is 0 Å². The molecule has 0 radical (unpaired) electrons. The summed E-state index contributed by atoms with van der Waals surface area (Å²) >= 11 is 0. The van der Waals surface area contributed by atoms with Gasteiger partial charge in [0.05, 0.1) is 6.04 Å². The molecule has 0 aromatic heterocycles. The Labute approximate surface area is 69.2 Å². The van der Waals surface area contributed by atoms with Gasteiger partial charge in [-0.25, -0.2) is 0 Å². The topological polar surface area (TPSA) is 43.1 Å². The van der Waals surface area contributed by atoms with Crippen LogP contribution in [0.3, 0.4) is 0 Å². The summed E-state index contributed by atoms with van der Waals surface area (Å²) in [5.41, 5.74) is 5.66. The van der Waals surface area contributed by atoms with E-state index in [-0.39, 0.29) is 17.7 Å². The second-order valence-electron chi connectivity index (χ2n) is 3.83. The predicted molar refractivity (Wildman–Crippen MR) is 47.3 cm³/mol. The summed E-state index contributed by atoms with van der Waals surface area (Å²) in [5.74, 6) is 0.878. The molecule has 0 aliphatic heterocycles. The van der Waals surface area contributed by atoms with Gasteiger partial charge in [0.1, 0.15) is 5.78 Å². The van der Waals surface area contributed by atoms with Gasteiger partial charge in [0.15, 0.2) is 0 Å². The van der Waals surface area contributed by atoms with Gasteiger partial charge in [-0.2, -0.15) is 0 Å². The van der Waals surface area contributed by atoms with Crippen LogP contribution in [-0.4, -0.2) is 11.8 Å². The molecule has 66 valence electrons. The molecule has 0 fully saturated rings. The van der Waals surface area contributed by atoms with Crippen molar-refractivity contribution in [3.05, 3.63) is 0 Å². The first kappa shape index (κ1) is 10.6. The largest absolute Gasteiger partial charge is 0.321 e. The fourth-order valence-corrected chi connectivity index (χ4v) is 0.910. The Balaban J connectivity index is 3.83. The van der Waals surface area contributed by atoms with Crippen molar-refractivity contribution in [2.45, 2.75) is 40.2 Å². The van der Waals surface area contributed by atoms with Crippen molar-refractivity contribution in [3.63, 3.8) is 0 Å². The van der Waals surface area contributed by atoms with E-state index in [2.05, 4.69) is 0 Å². The maximum absolute atomic E-state index is 11.3. The zero-order valence-corrected chi connectivity index (χ0v) is 7.92. The van der Waals surface area contributed by atoms with Crippen LogP contribution in [0.25, 0.3) is 0 Å². The summed E-state index contributed by atoms with van der Waals surface area (Å²) in [6.07, 6.45) is 0.610. The number of rotatable bonds is 4. The lowest BCUT2D eigenvalue weighted by Gasteiger charge is -2.14. The lowest BCUT2D eigenvalue weighted by molar-refractivity contribution is -0.121. The third-order valence-corrected chi connectivity index (χ3v) is 1.70. The summed E-state index contributed by atoms with van der Waals surface area (Å²) in [6.45, 7) is 8.02. The van der Waals surface area contributed by atoms with E-state index in [1.54, 1.807) is 0 Å². The number of Topliss-reactive ketones (excluding diaryl/α,β-unsaturated/α-hetero) is 1. The molecule has 0 amide bonds. The molecule has 0 aliphatic carbocycles. The molecule has 11 heavy (non-hydrogen) atoms. The van der Waals surface area contributed by atoms with E-state index < -0.39 is 0 Å². The van der Waals surface area contributed by atoms with E-state index in [1.165, 1.54) is 0 Å². The van der Waals surface area contributed by atoms with Crippen molar-refractivity contribution >= 4 is 5.78 Å². The highest BCUT2D eigenvalue weighted by Crippen LogP contribution is 2.07. The van der Waals surface area contributed by atoms with Gasteiger partial charge in [0, 0.05) is 6.42 Å². The summed E-state index contributed by atoms with van der Waals surface area (Å²) in [6, 6.07) is -0.266. The van der Waals surface area contributed by atoms with Gasteiger partial charge < -0.3 is 5.73 Å². The fraction of sp³-hybridized carbons (Fsp3) is 0.889. The molecule has 2 N–H and O–H groups in total. The van der Waals surface area contributed by atoms with Gasteiger partial charge in [0.2, 0.25) is 0 Å². The van der Waals surface area contributed by atoms with E-state index in [4.69, 9.17) is 5.73 Å². The van der Waals surface area contributed by atoms with Gasteiger partial charge in [0.25, 0.3) is 0 Å². The molecule has 0 heterocycles.